The molecule has 34 heavy (non-hydrogen) atoms. The number of thiophene rings is 1. The van der Waals surface area contributed by atoms with E-state index in [1.165, 1.54) is 17.0 Å². The highest BCUT2D eigenvalue weighted by Crippen LogP contribution is 2.37. The van der Waals surface area contributed by atoms with Crippen molar-refractivity contribution < 1.29 is 28.9 Å². The van der Waals surface area contributed by atoms with E-state index in [9.17, 15) is 14.0 Å². The minimum atomic E-state index is -1.26. The van der Waals surface area contributed by atoms with Crippen molar-refractivity contribution in [2.75, 3.05) is 50.0 Å². The van der Waals surface area contributed by atoms with Crippen LogP contribution in [0.5, 0.6) is 0 Å². The summed E-state index contributed by atoms with van der Waals surface area (Å²) in [5.41, 5.74) is 2.65. The maximum absolute atomic E-state index is 13.7. The van der Waals surface area contributed by atoms with Gasteiger partial charge in [-0.2, -0.15) is 0 Å². The lowest BCUT2D eigenvalue weighted by molar-refractivity contribution is -0.134. The Morgan fingerprint density at radius 3 is 2.50 bits per heavy atom. The van der Waals surface area contributed by atoms with E-state index >= 15 is 0 Å². The Morgan fingerprint density at radius 1 is 1.15 bits per heavy atom. The molecular weight excluding hydrogens is 463 g/mol. The largest absolute Gasteiger partial charge is 0.478 e. The fraction of sp³-hybridized carbons (Fsp3) is 0.348. The number of carbonyl (C=O) groups is 2. The summed E-state index contributed by atoms with van der Waals surface area (Å²) in [5, 5.41) is 23.5. The number of nitrogens with zero attached hydrogens (tertiary/aromatic N) is 2. The van der Waals surface area contributed by atoms with Gasteiger partial charge in [0.1, 0.15) is 16.7 Å². The number of carboxylic acid groups (broad SMARTS) is 2. The lowest BCUT2D eigenvalue weighted by atomic mass is 10.2. The van der Waals surface area contributed by atoms with Gasteiger partial charge in [0.15, 0.2) is 0 Å². The van der Waals surface area contributed by atoms with Crippen molar-refractivity contribution in [2.24, 2.45) is 4.99 Å². The average molecular weight is 491 g/mol. The van der Waals surface area contributed by atoms with E-state index in [4.69, 9.17) is 19.9 Å². The van der Waals surface area contributed by atoms with E-state index < -0.39 is 11.9 Å². The molecule has 182 valence electrons. The second-order valence-electron chi connectivity index (χ2n) is 7.44. The molecule has 0 amide bonds. The molecule has 0 aliphatic carbocycles. The summed E-state index contributed by atoms with van der Waals surface area (Å²) >= 11 is 1.73. The van der Waals surface area contributed by atoms with Gasteiger partial charge in [0.2, 0.25) is 0 Å². The molecule has 1 saturated heterocycles. The van der Waals surface area contributed by atoms with Crippen LogP contribution in [0, 0.1) is 5.82 Å². The molecular formula is C23H27FN4O5S. The van der Waals surface area contributed by atoms with Crippen molar-refractivity contribution in [2.45, 2.75) is 13.3 Å². The van der Waals surface area contributed by atoms with E-state index in [0.717, 1.165) is 67.0 Å². The van der Waals surface area contributed by atoms with Crippen LogP contribution in [0.25, 0.3) is 0 Å². The highest BCUT2D eigenvalue weighted by molar-refractivity contribution is 7.16. The number of ether oxygens (including phenoxy) is 1. The number of fused-ring (bicyclic) bond motifs is 2. The van der Waals surface area contributed by atoms with Gasteiger partial charge in [-0.1, -0.05) is 6.92 Å². The van der Waals surface area contributed by atoms with Crippen LogP contribution < -0.4 is 10.6 Å². The maximum Gasteiger partial charge on any atom is 0.328 e. The van der Waals surface area contributed by atoms with Gasteiger partial charge < -0.3 is 25.6 Å². The highest BCUT2D eigenvalue weighted by Gasteiger charge is 2.21. The number of nitrogens with one attached hydrogen (secondary N) is 2. The van der Waals surface area contributed by atoms with Crippen LogP contribution in [0.4, 0.5) is 20.8 Å². The van der Waals surface area contributed by atoms with Crippen molar-refractivity contribution in [1.82, 2.24) is 4.90 Å². The average Bonchev–Trinajstić information content (AvgIpc) is 3.17. The van der Waals surface area contributed by atoms with E-state index in [1.54, 1.807) is 17.4 Å². The predicted molar refractivity (Wildman–Crippen MR) is 130 cm³/mol. The van der Waals surface area contributed by atoms with Gasteiger partial charge in [0, 0.05) is 36.7 Å². The number of aliphatic carboxylic acids is 2. The summed E-state index contributed by atoms with van der Waals surface area (Å²) in [7, 11) is 0. The number of hydrogen-bond donors (Lipinski definition) is 4. The summed E-state index contributed by atoms with van der Waals surface area (Å²) < 4.78 is 19.1. The van der Waals surface area contributed by atoms with Gasteiger partial charge in [-0.25, -0.2) is 14.0 Å². The molecule has 0 saturated carbocycles. The third-order valence-corrected chi connectivity index (χ3v) is 6.22. The molecule has 4 rings (SSSR count). The summed E-state index contributed by atoms with van der Waals surface area (Å²) in [4.78, 5) is 27.6. The molecule has 0 bridgehead atoms. The van der Waals surface area contributed by atoms with E-state index in [2.05, 4.69) is 28.5 Å². The van der Waals surface area contributed by atoms with Crippen LogP contribution in [0.1, 0.15) is 17.4 Å². The van der Waals surface area contributed by atoms with Crippen LogP contribution in [0.2, 0.25) is 0 Å². The molecule has 11 heteroatoms. The zero-order valence-electron chi connectivity index (χ0n) is 18.7. The molecule has 0 atom stereocenters. The van der Waals surface area contributed by atoms with Crippen molar-refractivity contribution in [3.05, 3.63) is 52.7 Å². The normalized spacial score (nSPS) is 16.5. The lowest BCUT2D eigenvalue weighted by Gasteiger charge is -2.25. The molecule has 3 heterocycles. The number of aliphatic imine (C=N–C) groups is 1. The summed E-state index contributed by atoms with van der Waals surface area (Å²) in [5.74, 6) is -1.97. The number of benzene rings is 1. The minimum Gasteiger partial charge on any atom is -0.478 e. The first-order chi connectivity index (χ1) is 16.4. The number of amidine groups is 1. The van der Waals surface area contributed by atoms with Crippen molar-refractivity contribution in [3.8, 4) is 0 Å². The number of halogens is 1. The van der Waals surface area contributed by atoms with Gasteiger partial charge in [-0.15, -0.1) is 11.3 Å². The Bertz CT molecular complexity index is 1060. The van der Waals surface area contributed by atoms with E-state index in [-0.39, 0.29) is 5.82 Å². The Balaban J connectivity index is 0.000000350. The summed E-state index contributed by atoms with van der Waals surface area (Å²) in [6.45, 7) is 7.24. The summed E-state index contributed by atoms with van der Waals surface area (Å²) in [6.07, 6.45) is 2.10. The second-order valence-corrected chi connectivity index (χ2v) is 8.58. The molecule has 0 spiro atoms. The van der Waals surface area contributed by atoms with Gasteiger partial charge in [0.05, 0.1) is 36.7 Å². The van der Waals surface area contributed by atoms with Crippen LogP contribution >= 0.6 is 11.3 Å². The number of aryl methyl sites for hydroxylation is 1. The fourth-order valence-electron chi connectivity index (χ4n) is 3.33. The van der Waals surface area contributed by atoms with Crippen molar-refractivity contribution in [1.29, 1.82) is 0 Å². The third kappa shape index (κ3) is 7.37. The lowest BCUT2D eigenvalue weighted by Crippen LogP contribution is -2.37. The van der Waals surface area contributed by atoms with Crippen LogP contribution in [-0.4, -0.2) is 72.3 Å². The first kappa shape index (κ1) is 25.3. The number of hydrogen-bond acceptors (Lipinski definition) is 7. The first-order valence-electron chi connectivity index (χ1n) is 10.8. The van der Waals surface area contributed by atoms with E-state index in [1.807, 2.05) is 0 Å². The number of rotatable bonds is 6. The summed E-state index contributed by atoms with van der Waals surface area (Å²) in [6, 6.07) is 6.93. The molecule has 1 aromatic heterocycles. The van der Waals surface area contributed by atoms with Crippen LogP contribution in [0.3, 0.4) is 0 Å². The van der Waals surface area contributed by atoms with Crippen molar-refractivity contribution in [3.63, 3.8) is 0 Å². The smallest absolute Gasteiger partial charge is 0.328 e. The minimum absolute atomic E-state index is 0.259. The zero-order valence-corrected chi connectivity index (χ0v) is 19.5. The Hall–Kier alpha value is -3.28. The highest BCUT2D eigenvalue weighted by atomic mass is 32.1. The quantitative estimate of drug-likeness (QED) is 0.455. The van der Waals surface area contributed by atoms with Crippen LogP contribution in [-0.2, 0) is 20.7 Å². The first-order valence-corrected chi connectivity index (χ1v) is 11.6. The van der Waals surface area contributed by atoms with Gasteiger partial charge >= 0.3 is 11.9 Å². The fourth-order valence-corrected chi connectivity index (χ4v) is 4.34. The van der Waals surface area contributed by atoms with Gasteiger partial charge in [0.25, 0.3) is 0 Å². The monoisotopic (exact) mass is 490 g/mol. The molecule has 2 aromatic rings. The third-order valence-electron chi connectivity index (χ3n) is 5.03. The number of morpholine rings is 1. The topological polar surface area (TPSA) is 123 Å². The Kier molecular flexibility index (Phi) is 9.14. The zero-order chi connectivity index (χ0) is 24.5. The molecule has 2 aliphatic heterocycles. The van der Waals surface area contributed by atoms with E-state index in [0.29, 0.717) is 18.7 Å². The molecule has 1 fully saturated rings. The van der Waals surface area contributed by atoms with Gasteiger partial charge in [-0.05, 0) is 30.7 Å². The molecule has 0 radical (unpaired) electrons. The standard InChI is InChI=1S/C19H23FN4OS.C4H4O4/c1-2-14-12-15-18(21-5-6-24-7-9-25-10-8-24)22-17-11-13(20)3-4-16(17)23-19(15)26-14;5-3(6)1-2-4(7)8/h3-4,11-12,23H,2,5-10H2,1H3,(H,21,22);1-2H,(H,5,6)(H,7,8)/b;2-1-. The SMILES string of the molecule is CCc1cc2c(s1)Nc1ccc(F)cc1NC2=NCCN1CCOCC1.O=C(O)/C=C\C(=O)O. The molecule has 0 unspecified atom stereocenters. The Labute approximate surface area is 200 Å². The molecule has 9 nitrogen and oxygen atoms in total. The molecule has 4 N–H and O–H groups in total. The molecule has 1 aromatic carbocycles. The predicted octanol–water partition coefficient (Wildman–Crippen LogP) is 3.41. The molecule has 2 aliphatic rings. The second kappa shape index (κ2) is 12.3. The number of carboxylic acids is 2. The van der Waals surface area contributed by atoms with Gasteiger partial charge in [-0.3, -0.25) is 9.89 Å². The maximum atomic E-state index is 13.7. The van der Waals surface area contributed by atoms with Crippen LogP contribution in [0.15, 0.2) is 41.4 Å². The number of anilines is 3. The Morgan fingerprint density at radius 2 is 1.85 bits per heavy atom. The van der Waals surface area contributed by atoms with Crippen molar-refractivity contribution >= 4 is 45.5 Å².